The Morgan fingerprint density at radius 3 is 1.88 bits per heavy atom. The summed E-state index contributed by atoms with van der Waals surface area (Å²) >= 11 is 10.6. The van der Waals surface area contributed by atoms with Crippen molar-refractivity contribution in [1.82, 2.24) is 0 Å². The molecule has 0 rings (SSSR count). The Hall–Kier alpha value is 0.170. The maximum absolute atomic E-state index is 11.0. The van der Waals surface area contributed by atoms with E-state index in [1.165, 1.54) is 0 Å². The van der Waals surface area contributed by atoms with Gasteiger partial charge in [0.2, 0.25) is 0 Å². The zero-order valence-corrected chi connectivity index (χ0v) is 11.9. The average Bonchev–Trinajstić information content (AvgIpc) is 2.24. The molecule has 0 fully saturated rings. The predicted octanol–water partition coefficient (Wildman–Crippen LogP) is 3.61. The smallest absolute Gasteiger partial charge is 0.377 e. The lowest BCUT2D eigenvalue weighted by Gasteiger charge is -2.16. The van der Waals surface area contributed by atoms with Crippen LogP contribution in [0, 0.1) is 5.92 Å². The van der Waals surface area contributed by atoms with Crippen molar-refractivity contribution in [3.63, 3.8) is 0 Å². The van der Waals surface area contributed by atoms with Crippen molar-refractivity contribution in [3.05, 3.63) is 25.3 Å². The van der Waals surface area contributed by atoms with Gasteiger partial charge in [0.05, 0.1) is 33.0 Å². The molecule has 0 unspecified atom stereocenters. The highest BCUT2D eigenvalue weighted by Gasteiger charge is 2.18. The summed E-state index contributed by atoms with van der Waals surface area (Å²) in [5, 5.41) is 0. The number of hydrogen-bond donors (Lipinski definition) is 0. The van der Waals surface area contributed by atoms with Crippen molar-refractivity contribution in [1.29, 1.82) is 0 Å². The molecule has 0 amide bonds. The highest BCUT2D eigenvalue weighted by Crippen LogP contribution is 2.57. The highest BCUT2D eigenvalue weighted by molar-refractivity contribution is 8.05. The SMILES string of the molecule is C=CCOCC(COCC=C)COP(=O)(Cl)Cl. The fraction of sp³-hybridized carbons (Fsp3) is 0.600. The molecule has 0 saturated carbocycles. The molecule has 0 saturated heterocycles. The Morgan fingerprint density at radius 1 is 1.06 bits per heavy atom. The summed E-state index contributed by atoms with van der Waals surface area (Å²) in [6.07, 6.45) is -0.234. The van der Waals surface area contributed by atoms with Crippen LogP contribution in [0.4, 0.5) is 0 Å². The zero-order valence-electron chi connectivity index (χ0n) is 9.52. The maximum Gasteiger partial charge on any atom is 0.380 e. The van der Waals surface area contributed by atoms with E-state index in [9.17, 15) is 4.57 Å². The second kappa shape index (κ2) is 10.1. The molecule has 0 radical (unpaired) electrons. The van der Waals surface area contributed by atoms with Crippen molar-refractivity contribution in [2.45, 2.75) is 0 Å². The summed E-state index contributed by atoms with van der Waals surface area (Å²) < 4.78 is 26.3. The molecule has 0 atom stereocenters. The maximum atomic E-state index is 11.0. The molecule has 7 heteroatoms. The van der Waals surface area contributed by atoms with Crippen molar-refractivity contribution in [2.75, 3.05) is 33.0 Å². The van der Waals surface area contributed by atoms with Gasteiger partial charge in [0, 0.05) is 5.92 Å². The largest absolute Gasteiger partial charge is 0.380 e. The van der Waals surface area contributed by atoms with E-state index in [0.29, 0.717) is 26.4 Å². The minimum absolute atomic E-state index is 0.0966. The fourth-order valence-electron chi connectivity index (χ4n) is 0.973. The van der Waals surface area contributed by atoms with Crippen molar-refractivity contribution < 1.29 is 18.6 Å². The van der Waals surface area contributed by atoms with E-state index in [1.54, 1.807) is 12.2 Å². The van der Waals surface area contributed by atoms with Gasteiger partial charge in [-0.05, 0) is 22.5 Å². The quantitative estimate of drug-likeness (QED) is 0.332. The van der Waals surface area contributed by atoms with Crippen LogP contribution in [0.15, 0.2) is 25.3 Å². The zero-order chi connectivity index (χ0) is 13.1. The number of rotatable bonds is 11. The van der Waals surface area contributed by atoms with E-state index in [1.807, 2.05) is 0 Å². The summed E-state index contributed by atoms with van der Waals surface area (Å²) in [5.41, 5.74) is 0. The van der Waals surface area contributed by atoms with Crippen molar-refractivity contribution in [2.24, 2.45) is 5.92 Å². The summed E-state index contributed by atoms with van der Waals surface area (Å²) in [6, 6.07) is 0. The van der Waals surface area contributed by atoms with E-state index in [0.717, 1.165) is 0 Å². The molecule has 0 aromatic heterocycles. The van der Waals surface area contributed by atoms with E-state index >= 15 is 0 Å². The summed E-state index contributed by atoms with van der Waals surface area (Å²) in [5.74, 6) is -0.0966. The molecule has 100 valence electrons. The van der Waals surface area contributed by atoms with Crippen LogP contribution in [0.1, 0.15) is 0 Å². The molecular formula is C10H17Cl2O4P. The fourth-order valence-corrected chi connectivity index (χ4v) is 1.70. The summed E-state index contributed by atoms with van der Waals surface area (Å²) in [7, 11) is 0. The van der Waals surface area contributed by atoms with E-state index in [4.69, 9.17) is 36.5 Å². The monoisotopic (exact) mass is 302 g/mol. The van der Waals surface area contributed by atoms with Crippen LogP contribution in [-0.2, 0) is 18.6 Å². The van der Waals surface area contributed by atoms with Crippen LogP contribution < -0.4 is 0 Å². The second-order valence-electron chi connectivity index (χ2n) is 3.23. The van der Waals surface area contributed by atoms with Gasteiger partial charge < -0.3 is 14.0 Å². The van der Waals surface area contributed by atoms with Gasteiger partial charge in [-0.3, -0.25) is 4.57 Å². The van der Waals surface area contributed by atoms with Gasteiger partial charge in [0.25, 0.3) is 0 Å². The Morgan fingerprint density at radius 2 is 1.53 bits per heavy atom. The van der Waals surface area contributed by atoms with Gasteiger partial charge in [0.15, 0.2) is 0 Å². The molecule has 0 N–H and O–H groups in total. The lowest BCUT2D eigenvalue weighted by atomic mass is 10.2. The van der Waals surface area contributed by atoms with Gasteiger partial charge in [-0.15, -0.1) is 13.2 Å². The molecule has 0 bridgehead atoms. The first-order chi connectivity index (χ1) is 7.99. The number of ether oxygens (including phenoxy) is 2. The molecule has 0 heterocycles. The minimum Gasteiger partial charge on any atom is -0.377 e. The summed E-state index contributed by atoms with van der Waals surface area (Å²) in [6.45, 7) is 8.80. The number of halogens is 2. The first-order valence-electron chi connectivity index (χ1n) is 5.00. The van der Waals surface area contributed by atoms with Crippen molar-refractivity contribution in [3.8, 4) is 0 Å². The third kappa shape index (κ3) is 12.4. The predicted molar refractivity (Wildman–Crippen MR) is 70.8 cm³/mol. The summed E-state index contributed by atoms with van der Waals surface area (Å²) in [4.78, 5) is 0. The van der Waals surface area contributed by atoms with Gasteiger partial charge in [-0.2, -0.15) is 0 Å². The first kappa shape index (κ1) is 17.2. The Kier molecular flexibility index (Phi) is 10.2. The molecule has 17 heavy (non-hydrogen) atoms. The van der Waals surface area contributed by atoms with Gasteiger partial charge >= 0.3 is 6.07 Å². The molecule has 0 aliphatic carbocycles. The van der Waals surface area contributed by atoms with Gasteiger partial charge in [-0.25, -0.2) is 0 Å². The van der Waals surface area contributed by atoms with E-state index in [2.05, 4.69) is 13.2 Å². The molecule has 0 aliphatic rings. The van der Waals surface area contributed by atoms with Gasteiger partial charge in [0.1, 0.15) is 0 Å². The van der Waals surface area contributed by atoms with E-state index < -0.39 is 6.07 Å². The third-order valence-electron chi connectivity index (χ3n) is 1.64. The molecule has 0 aromatic rings. The Labute approximate surface area is 112 Å². The van der Waals surface area contributed by atoms with Crippen LogP contribution in [0.3, 0.4) is 0 Å². The normalized spacial score (nSPS) is 11.7. The van der Waals surface area contributed by atoms with Crippen LogP contribution in [-0.4, -0.2) is 33.0 Å². The van der Waals surface area contributed by atoms with Crippen molar-refractivity contribution >= 4 is 28.6 Å². The molecule has 0 aliphatic heterocycles. The lowest BCUT2D eigenvalue weighted by Crippen LogP contribution is -2.21. The molecular weight excluding hydrogens is 286 g/mol. The number of hydrogen-bond acceptors (Lipinski definition) is 4. The minimum atomic E-state index is -3.50. The first-order valence-corrected chi connectivity index (χ1v) is 8.44. The Bertz CT molecular complexity index is 253. The lowest BCUT2D eigenvalue weighted by molar-refractivity contribution is 0.0385. The second-order valence-corrected chi connectivity index (χ2v) is 7.51. The van der Waals surface area contributed by atoms with Crippen LogP contribution in [0.25, 0.3) is 0 Å². The molecule has 0 aromatic carbocycles. The van der Waals surface area contributed by atoms with Crippen LogP contribution in [0.5, 0.6) is 0 Å². The molecule has 0 spiro atoms. The standard InChI is InChI=1S/C10H17Cl2O4P/c1-3-5-14-7-10(8-15-6-4-2)9-16-17(11,12)13/h3-4,10H,1-2,5-9H2. The van der Waals surface area contributed by atoms with E-state index in [-0.39, 0.29) is 12.5 Å². The van der Waals surface area contributed by atoms with Crippen LogP contribution in [0.2, 0.25) is 0 Å². The van der Waals surface area contributed by atoms with Gasteiger partial charge in [-0.1, -0.05) is 12.2 Å². The molecule has 4 nitrogen and oxygen atoms in total. The van der Waals surface area contributed by atoms with Crippen LogP contribution >= 0.6 is 28.6 Å². The third-order valence-corrected chi connectivity index (χ3v) is 2.67. The Balaban J connectivity index is 3.95. The average molecular weight is 303 g/mol. The highest BCUT2D eigenvalue weighted by atomic mass is 35.9. The topological polar surface area (TPSA) is 44.8 Å².